The van der Waals surface area contributed by atoms with Crippen LogP contribution in [0, 0.1) is 0 Å². The van der Waals surface area contributed by atoms with E-state index < -0.39 is 5.60 Å². The van der Waals surface area contributed by atoms with Crippen LogP contribution in [0.15, 0.2) is 11.2 Å². The molecule has 0 atom stereocenters. The fourth-order valence-electron chi connectivity index (χ4n) is 3.13. The number of thiazole rings is 1. The molecule has 2 heterocycles. The molecule has 8 nitrogen and oxygen atoms in total. The van der Waals surface area contributed by atoms with E-state index in [1.54, 1.807) is 23.3 Å². The predicted molar refractivity (Wildman–Crippen MR) is 139 cm³/mol. The zero-order valence-corrected chi connectivity index (χ0v) is 22.7. The Hall–Kier alpha value is -1.14. The quantitative estimate of drug-likeness (QED) is 0.218. The van der Waals surface area contributed by atoms with Crippen molar-refractivity contribution in [2.24, 2.45) is 4.99 Å². The Morgan fingerprint density at radius 1 is 1.23 bits per heavy atom. The van der Waals surface area contributed by atoms with Crippen LogP contribution in [0.4, 0.5) is 4.79 Å². The number of hydrogen-bond donors (Lipinski definition) is 2. The second-order valence-corrected chi connectivity index (χ2v) is 9.61. The highest BCUT2D eigenvalue weighted by molar-refractivity contribution is 14.0. The summed E-state index contributed by atoms with van der Waals surface area (Å²) < 4.78 is 5.45. The minimum absolute atomic E-state index is 0. The van der Waals surface area contributed by atoms with Crippen LogP contribution in [0.3, 0.4) is 0 Å². The highest BCUT2D eigenvalue weighted by atomic mass is 127. The van der Waals surface area contributed by atoms with Crippen LogP contribution >= 0.6 is 35.3 Å². The monoisotopic (exact) mass is 566 g/mol. The van der Waals surface area contributed by atoms with Gasteiger partial charge in [0.25, 0.3) is 0 Å². The lowest BCUT2D eigenvalue weighted by atomic mass is 10.2. The second-order valence-electron chi connectivity index (χ2n) is 8.41. The van der Waals surface area contributed by atoms with Crippen LogP contribution in [0.2, 0.25) is 0 Å². The highest BCUT2D eigenvalue weighted by Crippen LogP contribution is 2.13. The normalized spacial score (nSPS) is 15.4. The molecule has 2 rings (SSSR count). The molecule has 10 heteroatoms. The first kappa shape index (κ1) is 27.9. The van der Waals surface area contributed by atoms with Crippen molar-refractivity contribution in [3.8, 4) is 0 Å². The maximum absolute atomic E-state index is 12.1. The standard InChI is InChI=1S/C21H38N6O2S.HI/c1-6-17-16-25-18(30-17)8-10-24-19(22-5)23-9-7-11-26-12-14-27(15-13-26)20(28)29-21(2,3)4;/h16H,6-15H2,1-5H3,(H2,22,23,24);1H. The first-order chi connectivity index (χ1) is 14.3. The van der Waals surface area contributed by atoms with Gasteiger partial charge in [0.05, 0.1) is 5.01 Å². The summed E-state index contributed by atoms with van der Waals surface area (Å²) in [4.78, 5) is 26.4. The first-order valence-corrected chi connectivity index (χ1v) is 11.7. The summed E-state index contributed by atoms with van der Waals surface area (Å²) in [6.07, 6.45) is 4.75. The van der Waals surface area contributed by atoms with Crippen LogP contribution < -0.4 is 10.6 Å². The summed E-state index contributed by atoms with van der Waals surface area (Å²) >= 11 is 1.78. The van der Waals surface area contributed by atoms with Crippen molar-refractivity contribution < 1.29 is 9.53 Å². The maximum Gasteiger partial charge on any atom is 0.410 e. The number of aryl methyl sites for hydroxylation is 1. The molecule has 0 bridgehead atoms. The Kier molecular flexibility index (Phi) is 12.7. The number of amides is 1. The van der Waals surface area contributed by atoms with E-state index >= 15 is 0 Å². The fraction of sp³-hybridized carbons (Fsp3) is 0.762. The number of carbonyl (C=O) groups is 1. The van der Waals surface area contributed by atoms with Crippen molar-refractivity contribution >= 4 is 47.4 Å². The fourth-order valence-corrected chi connectivity index (χ4v) is 3.99. The number of guanidine groups is 1. The van der Waals surface area contributed by atoms with E-state index in [0.29, 0.717) is 0 Å². The van der Waals surface area contributed by atoms with Gasteiger partial charge in [0.2, 0.25) is 0 Å². The van der Waals surface area contributed by atoms with E-state index in [0.717, 1.165) is 71.0 Å². The lowest BCUT2D eigenvalue weighted by molar-refractivity contribution is 0.0145. The molecular weight excluding hydrogens is 527 g/mol. The van der Waals surface area contributed by atoms with Gasteiger partial charge in [-0.3, -0.25) is 9.89 Å². The van der Waals surface area contributed by atoms with Gasteiger partial charge in [-0.25, -0.2) is 9.78 Å². The molecule has 1 fully saturated rings. The molecule has 31 heavy (non-hydrogen) atoms. The lowest BCUT2D eigenvalue weighted by Crippen LogP contribution is -2.50. The Balaban J connectivity index is 0.00000480. The summed E-state index contributed by atoms with van der Waals surface area (Å²) in [5, 5.41) is 7.90. The maximum atomic E-state index is 12.1. The Labute approximate surface area is 208 Å². The van der Waals surface area contributed by atoms with E-state index in [1.165, 1.54) is 9.88 Å². The smallest absolute Gasteiger partial charge is 0.410 e. The van der Waals surface area contributed by atoms with Gasteiger partial charge in [-0.15, -0.1) is 35.3 Å². The predicted octanol–water partition coefficient (Wildman–Crippen LogP) is 2.97. The molecule has 1 aliphatic rings. The average molecular weight is 567 g/mol. The molecule has 0 aliphatic carbocycles. The van der Waals surface area contributed by atoms with E-state index in [9.17, 15) is 4.79 Å². The number of nitrogens with one attached hydrogen (secondary N) is 2. The van der Waals surface area contributed by atoms with Crippen LogP contribution in [-0.4, -0.2) is 85.3 Å². The molecular formula is C21H39IN6O2S. The van der Waals surface area contributed by atoms with Crippen LogP contribution in [0.5, 0.6) is 0 Å². The molecule has 0 spiro atoms. The number of piperazine rings is 1. The highest BCUT2D eigenvalue weighted by Gasteiger charge is 2.25. The third kappa shape index (κ3) is 10.8. The topological polar surface area (TPSA) is 82.1 Å². The Morgan fingerprint density at radius 2 is 1.90 bits per heavy atom. The number of ether oxygens (including phenoxy) is 1. The molecule has 1 aliphatic heterocycles. The Bertz CT molecular complexity index is 684. The van der Waals surface area contributed by atoms with Crippen LogP contribution in [-0.2, 0) is 17.6 Å². The van der Waals surface area contributed by atoms with Crippen molar-refractivity contribution in [2.45, 2.75) is 52.6 Å². The zero-order valence-electron chi connectivity index (χ0n) is 19.6. The SMILES string of the molecule is CCc1cnc(CCNC(=NC)NCCCN2CCN(C(=O)OC(C)(C)C)CC2)s1.I. The van der Waals surface area contributed by atoms with Gasteiger partial charge in [0.15, 0.2) is 5.96 Å². The molecule has 1 aromatic rings. The molecule has 0 aromatic carbocycles. The summed E-state index contributed by atoms with van der Waals surface area (Å²) in [5.74, 6) is 0.831. The zero-order chi connectivity index (χ0) is 22.0. The van der Waals surface area contributed by atoms with Gasteiger partial charge in [-0.2, -0.15) is 0 Å². The molecule has 1 aromatic heterocycles. The van der Waals surface area contributed by atoms with Gasteiger partial charge in [0, 0.05) is 63.8 Å². The van der Waals surface area contributed by atoms with Crippen molar-refractivity contribution in [2.75, 3.05) is 52.9 Å². The first-order valence-electron chi connectivity index (χ1n) is 10.9. The van der Waals surface area contributed by atoms with Crippen LogP contribution in [0.1, 0.15) is 44.0 Å². The van der Waals surface area contributed by atoms with E-state index in [1.807, 2.05) is 27.0 Å². The van der Waals surface area contributed by atoms with Crippen molar-refractivity contribution in [3.63, 3.8) is 0 Å². The molecule has 1 amide bonds. The van der Waals surface area contributed by atoms with Crippen molar-refractivity contribution in [3.05, 3.63) is 16.1 Å². The number of aliphatic imine (C=N–C) groups is 1. The van der Waals surface area contributed by atoms with Gasteiger partial charge >= 0.3 is 6.09 Å². The van der Waals surface area contributed by atoms with Gasteiger partial charge in [0.1, 0.15) is 5.60 Å². The van der Waals surface area contributed by atoms with Gasteiger partial charge in [-0.05, 0) is 40.2 Å². The average Bonchev–Trinajstić information content (AvgIpc) is 3.17. The number of aromatic nitrogens is 1. The van der Waals surface area contributed by atoms with Crippen molar-refractivity contribution in [1.82, 2.24) is 25.4 Å². The summed E-state index contributed by atoms with van der Waals surface area (Å²) in [7, 11) is 1.80. The molecule has 2 N–H and O–H groups in total. The third-order valence-electron chi connectivity index (χ3n) is 4.77. The molecule has 0 saturated carbocycles. The number of rotatable bonds is 8. The van der Waals surface area contributed by atoms with E-state index in [2.05, 4.69) is 32.4 Å². The van der Waals surface area contributed by atoms with E-state index in [-0.39, 0.29) is 30.1 Å². The van der Waals surface area contributed by atoms with Gasteiger partial charge < -0.3 is 20.3 Å². The number of nitrogens with zero attached hydrogens (tertiary/aromatic N) is 4. The minimum Gasteiger partial charge on any atom is -0.444 e. The molecule has 178 valence electrons. The molecule has 1 saturated heterocycles. The van der Waals surface area contributed by atoms with Gasteiger partial charge in [-0.1, -0.05) is 6.92 Å². The molecule has 0 unspecified atom stereocenters. The van der Waals surface area contributed by atoms with Crippen molar-refractivity contribution in [1.29, 1.82) is 0 Å². The minimum atomic E-state index is -0.439. The lowest BCUT2D eigenvalue weighted by Gasteiger charge is -2.35. The number of hydrogen-bond acceptors (Lipinski definition) is 6. The van der Waals surface area contributed by atoms with E-state index in [4.69, 9.17) is 4.74 Å². The second kappa shape index (κ2) is 14.1. The molecule has 0 radical (unpaired) electrons. The third-order valence-corrected chi connectivity index (χ3v) is 5.97. The largest absolute Gasteiger partial charge is 0.444 e. The number of carbonyl (C=O) groups excluding carboxylic acids is 1. The summed E-state index contributed by atoms with van der Waals surface area (Å²) in [6.45, 7) is 13.8. The number of halogens is 1. The van der Waals surface area contributed by atoms with Crippen LogP contribution in [0.25, 0.3) is 0 Å². The summed E-state index contributed by atoms with van der Waals surface area (Å²) in [6, 6.07) is 0. The summed E-state index contributed by atoms with van der Waals surface area (Å²) in [5.41, 5.74) is -0.439. The Morgan fingerprint density at radius 3 is 2.48 bits per heavy atom.